The van der Waals surface area contributed by atoms with Crippen LogP contribution >= 0.6 is 0 Å². The molecule has 0 saturated carbocycles. The number of nitrogens with zero attached hydrogens (tertiary/aromatic N) is 1. The summed E-state index contributed by atoms with van der Waals surface area (Å²) in [7, 11) is 3.14. The van der Waals surface area contributed by atoms with E-state index in [1.54, 1.807) is 12.1 Å². The first kappa shape index (κ1) is 23.8. The van der Waals surface area contributed by atoms with Gasteiger partial charge in [0.05, 0.1) is 52.3 Å². The summed E-state index contributed by atoms with van der Waals surface area (Å²) < 4.78 is 51.2. The van der Waals surface area contributed by atoms with Crippen molar-refractivity contribution in [1.82, 2.24) is 0 Å². The molecule has 0 N–H and O–H groups in total. The molecular formula is C20H23NO9S. The molecular weight excluding hydrogens is 430 g/mol. The van der Waals surface area contributed by atoms with Crippen molar-refractivity contribution in [2.24, 2.45) is 0 Å². The summed E-state index contributed by atoms with van der Waals surface area (Å²) in [5, 5.41) is 12.4. The zero-order valence-electron chi connectivity index (χ0n) is 17.7. The van der Waals surface area contributed by atoms with Gasteiger partial charge in [0.2, 0.25) is 5.75 Å². The Bertz CT molecular complexity index is 1070. The van der Waals surface area contributed by atoms with Crippen molar-refractivity contribution in [3.8, 4) is 28.7 Å². The molecule has 2 rings (SSSR count). The van der Waals surface area contributed by atoms with Crippen molar-refractivity contribution >= 4 is 21.6 Å². The lowest BCUT2D eigenvalue weighted by molar-refractivity contribution is -0.385. The molecule has 0 radical (unpaired) electrons. The van der Waals surface area contributed by atoms with E-state index < -0.39 is 20.5 Å². The normalized spacial score (nSPS) is 11.3. The monoisotopic (exact) mass is 453 g/mol. The lowest BCUT2D eigenvalue weighted by Crippen LogP contribution is -2.05. The number of sulfone groups is 1. The van der Waals surface area contributed by atoms with E-state index in [1.165, 1.54) is 47.7 Å². The van der Waals surface area contributed by atoms with Crippen LogP contribution in [-0.2, 0) is 15.6 Å². The highest BCUT2D eigenvalue weighted by atomic mass is 32.2. The minimum atomic E-state index is -3.88. The first-order valence-corrected chi connectivity index (χ1v) is 10.5. The van der Waals surface area contributed by atoms with E-state index in [0.717, 1.165) is 11.5 Å². The average molecular weight is 453 g/mol. The Kier molecular flexibility index (Phi) is 7.70. The fourth-order valence-electron chi connectivity index (χ4n) is 2.84. The number of benzene rings is 2. The van der Waals surface area contributed by atoms with Gasteiger partial charge in [0, 0.05) is 11.0 Å². The zero-order chi connectivity index (χ0) is 23.2. The smallest absolute Gasteiger partial charge is 0.277 e. The summed E-state index contributed by atoms with van der Waals surface area (Å²) in [5.74, 6) is 0.787. The molecule has 0 bridgehead atoms. The molecule has 168 valence electrons. The largest absolute Gasteiger partial charge is 0.493 e. The van der Waals surface area contributed by atoms with Crippen LogP contribution in [0.2, 0.25) is 0 Å². The van der Waals surface area contributed by atoms with Gasteiger partial charge in [-0.25, -0.2) is 8.42 Å². The summed E-state index contributed by atoms with van der Waals surface area (Å²) >= 11 is 0. The molecule has 11 heteroatoms. The lowest BCUT2D eigenvalue weighted by atomic mass is 10.2. The van der Waals surface area contributed by atoms with Gasteiger partial charge in [0.1, 0.15) is 0 Å². The van der Waals surface area contributed by atoms with Gasteiger partial charge < -0.3 is 23.7 Å². The van der Waals surface area contributed by atoms with Gasteiger partial charge in [-0.1, -0.05) is 0 Å². The van der Waals surface area contributed by atoms with E-state index in [0.29, 0.717) is 22.8 Å². The van der Waals surface area contributed by atoms with Crippen LogP contribution in [0.25, 0.3) is 6.08 Å². The van der Waals surface area contributed by atoms with E-state index in [-0.39, 0.29) is 22.7 Å². The topological polar surface area (TPSA) is 123 Å². The highest BCUT2D eigenvalue weighted by Crippen LogP contribution is 2.39. The molecule has 2 aromatic carbocycles. The molecule has 0 unspecified atom stereocenters. The fraction of sp³-hybridized carbons (Fsp3) is 0.300. The molecule has 0 aliphatic heterocycles. The van der Waals surface area contributed by atoms with Gasteiger partial charge in [-0.2, -0.15) is 0 Å². The van der Waals surface area contributed by atoms with E-state index in [1.807, 2.05) is 0 Å². The highest BCUT2D eigenvalue weighted by Gasteiger charge is 2.23. The Morgan fingerprint density at radius 1 is 0.839 bits per heavy atom. The number of rotatable bonds is 10. The van der Waals surface area contributed by atoms with Crippen LogP contribution in [-0.4, -0.2) is 48.9 Å². The Morgan fingerprint density at radius 3 is 1.81 bits per heavy atom. The maximum atomic E-state index is 12.7. The number of methoxy groups -OCH3 is 5. The molecule has 0 aliphatic carbocycles. The van der Waals surface area contributed by atoms with Crippen molar-refractivity contribution in [3.05, 3.63) is 50.9 Å². The van der Waals surface area contributed by atoms with Crippen LogP contribution in [0.4, 0.5) is 5.69 Å². The van der Waals surface area contributed by atoms with E-state index in [9.17, 15) is 18.5 Å². The van der Waals surface area contributed by atoms with Crippen molar-refractivity contribution in [3.63, 3.8) is 0 Å². The van der Waals surface area contributed by atoms with Crippen LogP contribution in [0.15, 0.2) is 29.7 Å². The Labute approximate surface area is 180 Å². The number of nitro benzene ring substituents is 1. The average Bonchev–Trinajstić information content (AvgIpc) is 2.75. The molecule has 0 atom stereocenters. The molecule has 0 saturated heterocycles. The van der Waals surface area contributed by atoms with E-state index in [2.05, 4.69) is 0 Å². The van der Waals surface area contributed by atoms with Crippen LogP contribution in [0.5, 0.6) is 28.7 Å². The van der Waals surface area contributed by atoms with Gasteiger partial charge in [-0.3, -0.25) is 10.1 Å². The van der Waals surface area contributed by atoms with Gasteiger partial charge in [-0.15, -0.1) is 0 Å². The van der Waals surface area contributed by atoms with Crippen LogP contribution in [0.1, 0.15) is 11.1 Å². The highest BCUT2D eigenvalue weighted by molar-refractivity contribution is 7.93. The Hall–Kier alpha value is -3.47. The second-order valence-corrected chi connectivity index (χ2v) is 8.05. The molecule has 10 nitrogen and oxygen atoms in total. The SMILES string of the molecule is COc1cc(CS(=O)(=O)/C=C/c2cc(OC)c(OC)c(OC)c2)c([N+](=O)[O-])cc1OC. The maximum Gasteiger partial charge on any atom is 0.277 e. The fourth-order valence-corrected chi connectivity index (χ4v) is 3.97. The third kappa shape index (κ3) is 5.57. The molecule has 0 aliphatic rings. The van der Waals surface area contributed by atoms with Crippen LogP contribution < -0.4 is 23.7 Å². The van der Waals surface area contributed by atoms with Crippen LogP contribution in [0, 0.1) is 10.1 Å². The minimum absolute atomic E-state index is 0.0304. The molecule has 31 heavy (non-hydrogen) atoms. The summed E-state index contributed by atoms with van der Waals surface area (Å²) in [5.41, 5.74) is 0.0551. The van der Waals surface area contributed by atoms with Gasteiger partial charge in [-0.05, 0) is 29.8 Å². The van der Waals surface area contributed by atoms with Crippen molar-refractivity contribution in [1.29, 1.82) is 0 Å². The molecule has 2 aromatic rings. The standard InChI is InChI=1S/C20H23NO9S/c1-26-16-10-14(15(21(22)23)11-17(16)27-2)12-31(24,25)7-6-13-8-18(28-3)20(30-5)19(9-13)29-4/h6-11H,12H2,1-5H3/b7-6+. The predicted molar refractivity (Wildman–Crippen MR) is 114 cm³/mol. The third-order valence-electron chi connectivity index (χ3n) is 4.29. The second kappa shape index (κ2) is 10.0. The maximum absolute atomic E-state index is 12.7. The van der Waals surface area contributed by atoms with Crippen molar-refractivity contribution < 1.29 is 37.0 Å². The van der Waals surface area contributed by atoms with Crippen LogP contribution in [0.3, 0.4) is 0 Å². The number of hydrogen-bond donors (Lipinski definition) is 0. The number of hydrogen-bond acceptors (Lipinski definition) is 9. The summed E-state index contributed by atoms with van der Waals surface area (Å²) in [6.45, 7) is 0. The van der Waals surface area contributed by atoms with E-state index >= 15 is 0 Å². The number of ether oxygens (including phenoxy) is 5. The Morgan fingerprint density at radius 2 is 1.35 bits per heavy atom. The quantitative estimate of drug-likeness (QED) is 0.394. The lowest BCUT2D eigenvalue weighted by Gasteiger charge is -2.13. The first-order chi connectivity index (χ1) is 14.7. The number of nitro groups is 1. The molecule has 0 amide bonds. The summed E-state index contributed by atoms with van der Waals surface area (Å²) in [4.78, 5) is 10.7. The second-order valence-electron chi connectivity index (χ2n) is 6.16. The molecule has 0 heterocycles. The van der Waals surface area contributed by atoms with Crippen molar-refractivity contribution in [2.75, 3.05) is 35.5 Å². The summed E-state index contributed by atoms with van der Waals surface area (Å²) in [6.07, 6.45) is 1.34. The third-order valence-corrected chi connectivity index (χ3v) is 5.56. The van der Waals surface area contributed by atoms with E-state index in [4.69, 9.17) is 23.7 Å². The molecule has 0 aromatic heterocycles. The zero-order valence-corrected chi connectivity index (χ0v) is 18.5. The van der Waals surface area contributed by atoms with Gasteiger partial charge in [0.15, 0.2) is 32.8 Å². The minimum Gasteiger partial charge on any atom is -0.493 e. The predicted octanol–water partition coefficient (Wildman–Crippen LogP) is 3.22. The molecule has 0 fully saturated rings. The van der Waals surface area contributed by atoms with Gasteiger partial charge >= 0.3 is 0 Å². The Balaban J connectivity index is 2.42. The first-order valence-electron chi connectivity index (χ1n) is 8.79. The summed E-state index contributed by atoms with van der Waals surface area (Å²) in [6, 6.07) is 5.56. The van der Waals surface area contributed by atoms with Crippen molar-refractivity contribution in [2.45, 2.75) is 5.75 Å². The molecule has 0 spiro atoms. The van der Waals surface area contributed by atoms with Gasteiger partial charge in [0.25, 0.3) is 5.69 Å².